The molecular formula is C34H44F2N6O4. The SMILES string of the molecule is CC(C)(C)OC(=O)N[C@H](c1cn2ncc([C@H](NCC3(NC(=O)OCc4ccccc4)CC3)C3CC3)cc2n1)C1CCC(F)(F)CC1. The number of alkyl carbamates (subject to hydrolysis) is 2. The van der Waals surface area contributed by atoms with Crippen LogP contribution in [0.4, 0.5) is 18.4 Å². The number of nitrogens with one attached hydrogen (secondary N) is 3. The summed E-state index contributed by atoms with van der Waals surface area (Å²) in [7, 11) is 0. The molecule has 3 N–H and O–H groups in total. The van der Waals surface area contributed by atoms with E-state index in [1.54, 1.807) is 31.5 Å². The maximum absolute atomic E-state index is 14.0. The van der Waals surface area contributed by atoms with E-state index in [4.69, 9.17) is 14.5 Å². The molecule has 6 rings (SSSR count). The molecule has 0 bridgehead atoms. The van der Waals surface area contributed by atoms with Crippen molar-refractivity contribution in [2.45, 2.75) is 108 Å². The highest BCUT2D eigenvalue weighted by atomic mass is 19.3. The Kier molecular flexibility index (Phi) is 8.93. The quantitative estimate of drug-likeness (QED) is 0.216. The molecule has 46 heavy (non-hydrogen) atoms. The first-order valence-corrected chi connectivity index (χ1v) is 16.3. The Morgan fingerprint density at radius 1 is 1.00 bits per heavy atom. The van der Waals surface area contributed by atoms with Gasteiger partial charge in [-0.25, -0.2) is 27.9 Å². The van der Waals surface area contributed by atoms with Crippen LogP contribution in [-0.2, 0) is 16.1 Å². The molecule has 0 radical (unpaired) electrons. The third kappa shape index (κ3) is 8.31. The lowest BCUT2D eigenvalue weighted by Gasteiger charge is -2.33. The molecule has 2 amide bonds. The Labute approximate surface area is 268 Å². The average Bonchev–Trinajstić information content (AvgIpc) is 3.93. The number of rotatable bonds is 11. The number of imidazole rings is 1. The van der Waals surface area contributed by atoms with E-state index in [1.165, 1.54) is 0 Å². The number of alkyl halides is 2. The molecule has 3 aliphatic carbocycles. The van der Waals surface area contributed by atoms with E-state index in [2.05, 4.69) is 21.0 Å². The normalized spacial score (nSPS) is 20.5. The molecule has 2 aromatic heterocycles. The van der Waals surface area contributed by atoms with Crippen molar-refractivity contribution >= 4 is 17.8 Å². The van der Waals surface area contributed by atoms with Crippen LogP contribution in [0, 0.1) is 11.8 Å². The number of aromatic nitrogens is 3. The van der Waals surface area contributed by atoms with Gasteiger partial charge >= 0.3 is 12.2 Å². The maximum atomic E-state index is 14.0. The van der Waals surface area contributed by atoms with Crippen molar-refractivity contribution in [2.24, 2.45) is 11.8 Å². The van der Waals surface area contributed by atoms with E-state index in [0.717, 1.165) is 36.8 Å². The number of carbonyl (C=O) groups is 2. The lowest BCUT2D eigenvalue weighted by molar-refractivity contribution is -0.0500. The van der Waals surface area contributed by atoms with Crippen LogP contribution in [0.25, 0.3) is 5.65 Å². The molecular weight excluding hydrogens is 594 g/mol. The zero-order valence-corrected chi connectivity index (χ0v) is 26.7. The number of halogens is 2. The first-order chi connectivity index (χ1) is 21.9. The minimum absolute atomic E-state index is 0.0357. The van der Waals surface area contributed by atoms with E-state index < -0.39 is 29.8 Å². The number of hydrogen-bond donors (Lipinski definition) is 3. The number of carbonyl (C=O) groups excluding carboxylic acids is 2. The zero-order valence-electron chi connectivity index (χ0n) is 26.7. The topological polar surface area (TPSA) is 119 Å². The Bertz CT molecular complexity index is 1520. The minimum atomic E-state index is -2.69. The summed E-state index contributed by atoms with van der Waals surface area (Å²) in [6, 6.07) is 11.0. The number of hydrogen-bond acceptors (Lipinski definition) is 7. The number of nitrogens with zero attached hydrogens (tertiary/aromatic N) is 3. The first kappa shape index (κ1) is 32.2. The second-order valence-corrected chi connectivity index (χ2v) is 14.2. The molecule has 3 fully saturated rings. The third-order valence-electron chi connectivity index (χ3n) is 9.13. The van der Waals surface area contributed by atoms with Crippen LogP contribution in [0.15, 0.2) is 48.8 Å². The molecule has 0 spiro atoms. The van der Waals surface area contributed by atoms with Crippen molar-refractivity contribution in [3.63, 3.8) is 0 Å². The zero-order chi connectivity index (χ0) is 32.5. The van der Waals surface area contributed by atoms with Gasteiger partial charge in [0.05, 0.1) is 29.7 Å². The van der Waals surface area contributed by atoms with E-state index >= 15 is 0 Å². The van der Waals surface area contributed by atoms with Gasteiger partial charge in [0, 0.05) is 25.4 Å². The van der Waals surface area contributed by atoms with E-state index in [1.807, 2.05) is 42.6 Å². The first-order valence-electron chi connectivity index (χ1n) is 16.3. The summed E-state index contributed by atoms with van der Waals surface area (Å²) in [4.78, 5) is 30.2. The van der Waals surface area contributed by atoms with Crippen LogP contribution in [0.5, 0.6) is 0 Å². The standard InChI is InChI=1S/C34H44F2N6O4/c1-32(2,3)46-30(43)40-29(24-11-13-34(35,36)14-12-24)26-19-42-27(39-26)17-25(18-38-42)28(23-9-10-23)37-21-33(15-16-33)41-31(44)45-20-22-7-5-4-6-8-22/h4-8,17-19,23-24,28-29,37H,9-16,20-21H2,1-3H3,(H,40,43)(H,41,44)/t28-,29+/m1/s1. The lowest BCUT2D eigenvalue weighted by Crippen LogP contribution is -2.45. The molecule has 3 aliphatic rings. The highest BCUT2D eigenvalue weighted by Crippen LogP contribution is 2.44. The average molecular weight is 639 g/mol. The van der Waals surface area contributed by atoms with Gasteiger partial charge in [0.15, 0.2) is 5.65 Å². The summed E-state index contributed by atoms with van der Waals surface area (Å²) < 4.78 is 40.7. The number of amides is 2. The van der Waals surface area contributed by atoms with Crippen molar-refractivity contribution in [1.82, 2.24) is 30.5 Å². The largest absolute Gasteiger partial charge is 0.445 e. The van der Waals surface area contributed by atoms with E-state index in [-0.39, 0.29) is 49.8 Å². The summed E-state index contributed by atoms with van der Waals surface area (Å²) in [5.41, 5.74) is 2.06. The summed E-state index contributed by atoms with van der Waals surface area (Å²) in [6.45, 7) is 6.17. The van der Waals surface area contributed by atoms with Crippen LogP contribution < -0.4 is 16.0 Å². The van der Waals surface area contributed by atoms with Gasteiger partial charge in [-0.3, -0.25) is 0 Å². The molecule has 2 heterocycles. The Balaban J connectivity index is 1.14. The van der Waals surface area contributed by atoms with E-state index in [0.29, 0.717) is 23.8 Å². The second-order valence-electron chi connectivity index (χ2n) is 14.2. The third-order valence-corrected chi connectivity index (χ3v) is 9.13. The molecule has 0 saturated heterocycles. The summed E-state index contributed by atoms with van der Waals surface area (Å²) in [5.74, 6) is -2.45. The van der Waals surface area contributed by atoms with Gasteiger partial charge in [-0.15, -0.1) is 0 Å². The molecule has 1 aromatic carbocycles. The molecule has 3 aromatic rings. The fraction of sp³-hybridized carbons (Fsp3) is 0.588. The van der Waals surface area contributed by atoms with Crippen molar-refractivity contribution in [3.8, 4) is 0 Å². The number of ether oxygens (including phenoxy) is 2. The summed E-state index contributed by atoms with van der Waals surface area (Å²) in [5, 5.41) is 14.3. The predicted octanol–water partition coefficient (Wildman–Crippen LogP) is 6.62. The summed E-state index contributed by atoms with van der Waals surface area (Å²) in [6.07, 6.45) is 6.57. The van der Waals surface area contributed by atoms with Crippen LogP contribution in [0.2, 0.25) is 0 Å². The Morgan fingerprint density at radius 2 is 1.70 bits per heavy atom. The van der Waals surface area contributed by atoms with Crippen LogP contribution in [-0.4, -0.2) is 50.4 Å². The number of benzene rings is 1. The minimum Gasteiger partial charge on any atom is -0.445 e. The van der Waals surface area contributed by atoms with E-state index in [9.17, 15) is 18.4 Å². The smallest absolute Gasteiger partial charge is 0.408 e. The Hall–Kier alpha value is -3.80. The monoisotopic (exact) mass is 638 g/mol. The van der Waals surface area contributed by atoms with Gasteiger partial charge in [0.25, 0.3) is 0 Å². The molecule has 248 valence electrons. The molecule has 12 heteroatoms. The number of fused-ring (bicyclic) bond motifs is 1. The van der Waals surface area contributed by atoms with Crippen molar-refractivity contribution < 1.29 is 27.8 Å². The molecule has 3 saturated carbocycles. The van der Waals surface area contributed by atoms with Gasteiger partial charge in [-0.2, -0.15) is 5.10 Å². The summed E-state index contributed by atoms with van der Waals surface area (Å²) >= 11 is 0. The maximum Gasteiger partial charge on any atom is 0.408 e. The van der Waals surface area contributed by atoms with Gasteiger partial charge in [-0.05, 0) is 88.3 Å². The molecule has 10 nitrogen and oxygen atoms in total. The molecule has 0 unspecified atom stereocenters. The highest BCUT2D eigenvalue weighted by molar-refractivity contribution is 5.69. The van der Waals surface area contributed by atoms with Gasteiger partial charge < -0.3 is 25.4 Å². The van der Waals surface area contributed by atoms with Crippen molar-refractivity contribution in [3.05, 3.63) is 65.6 Å². The predicted molar refractivity (Wildman–Crippen MR) is 167 cm³/mol. The van der Waals surface area contributed by atoms with Gasteiger partial charge in [0.2, 0.25) is 5.92 Å². The lowest BCUT2D eigenvalue weighted by atomic mass is 9.81. The highest BCUT2D eigenvalue weighted by Gasteiger charge is 2.46. The van der Waals surface area contributed by atoms with Crippen LogP contribution in [0.1, 0.15) is 101 Å². The van der Waals surface area contributed by atoms with Crippen LogP contribution in [0.3, 0.4) is 0 Å². The molecule has 0 aliphatic heterocycles. The van der Waals surface area contributed by atoms with Gasteiger partial charge in [0.1, 0.15) is 12.2 Å². The fourth-order valence-electron chi connectivity index (χ4n) is 6.26. The van der Waals surface area contributed by atoms with Crippen molar-refractivity contribution in [2.75, 3.05) is 6.54 Å². The van der Waals surface area contributed by atoms with Crippen LogP contribution >= 0.6 is 0 Å². The molecule has 2 atom stereocenters. The fourth-order valence-corrected chi connectivity index (χ4v) is 6.26. The van der Waals surface area contributed by atoms with Crippen molar-refractivity contribution in [1.29, 1.82) is 0 Å². The second kappa shape index (κ2) is 12.8. The van der Waals surface area contributed by atoms with Gasteiger partial charge in [-0.1, -0.05) is 30.3 Å². The Morgan fingerprint density at radius 3 is 2.35 bits per heavy atom.